The van der Waals surface area contributed by atoms with Gasteiger partial charge in [-0.3, -0.25) is 9.89 Å². The monoisotopic (exact) mass is 210 g/mol. The van der Waals surface area contributed by atoms with Crippen molar-refractivity contribution < 1.29 is 4.79 Å². The van der Waals surface area contributed by atoms with E-state index in [4.69, 9.17) is 5.73 Å². The minimum Gasteiger partial charge on any atom is -0.382 e. The molecule has 0 saturated carbocycles. The number of H-pyrrole nitrogens is 1. The summed E-state index contributed by atoms with van der Waals surface area (Å²) < 4.78 is 0. The van der Waals surface area contributed by atoms with Crippen LogP contribution in [-0.4, -0.2) is 33.6 Å². The molecule has 1 aromatic rings. The average Bonchev–Trinajstić information content (AvgIpc) is 2.62. The molecule has 15 heavy (non-hydrogen) atoms. The Morgan fingerprint density at radius 2 is 2.27 bits per heavy atom. The Morgan fingerprint density at radius 1 is 1.67 bits per heavy atom. The Bertz CT molecular complexity index is 356. The average molecular weight is 210 g/mol. The van der Waals surface area contributed by atoms with Crippen LogP contribution in [0.3, 0.4) is 0 Å². The molecule has 0 atom stereocenters. The summed E-state index contributed by atoms with van der Waals surface area (Å²) in [6.45, 7) is 6.08. The van der Waals surface area contributed by atoms with Crippen LogP contribution in [0.15, 0.2) is 6.07 Å². The predicted molar refractivity (Wildman–Crippen MR) is 59.5 cm³/mol. The van der Waals surface area contributed by atoms with E-state index < -0.39 is 0 Å². The number of nitrogens with zero attached hydrogens (tertiary/aromatic N) is 2. The van der Waals surface area contributed by atoms with Crippen LogP contribution in [0.2, 0.25) is 0 Å². The molecule has 84 valence electrons. The number of nitrogens with one attached hydrogen (secondary N) is 1. The van der Waals surface area contributed by atoms with Crippen LogP contribution in [0.5, 0.6) is 0 Å². The van der Waals surface area contributed by atoms with Gasteiger partial charge in [0.05, 0.1) is 0 Å². The molecule has 0 fully saturated rings. The van der Waals surface area contributed by atoms with Crippen LogP contribution in [0.1, 0.15) is 37.7 Å². The summed E-state index contributed by atoms with van der Waals surface area (Å²) in [6.07, 6.45) is 0.888. The van der Waals surface area contributed by atoms with Gasteiger partial charge in [0.25, 0.3) is 5.91 Å². The Balaban J connectivity index is 2.86. The summed E-state index contributed by atoms with van der Waals surface area (Å²) in [5.41, 5.74) is 5.70. The topological polar surface area (TPSA) is 75.0 Å². The first-order valence-corrected chi connectivity index (χ1v) is 4.97. The molecule has 0 aromatic carbocycles. The number of carbonyl (C=O) groups excluding carboxylic acids is 1. The third-order valence-electron chi connectivity index (χ3n) is 2.91. The number of hydrogen-bond donors (Lipinski definition) is 2. The second-order valence-electron chi connectivity index (χ2n) is 4.24. The van der Waals surface area contributed by atoms with Gasteiger partial charge < -0.3 is 10.6 Å². The zero-order valence-corrected chi connectivity index (χ0v) is 9.66. The van der Waals surface area contributed by atoms with Crippen molar-refractivity contribution >= 4 is 11.7 Å². The minimum atomic E-state index is -0.170. The molecule has 0 aliphatic heterocycles. The molecule has 1 rings (SSSR count). The van der Waals surface area contributed by atoms with Crippen LogP contribution in [-0.2, 0) is 0 Å². The highest BCUT2D eigenvalue weighted by Gasteiger charge is 2.27. The Labute approximate surface area is 89.6 Å². The smallest absolute Gasteiger partial charge is 0.272 e. The van der Waals surface area contributed by atoms with Gasteiger partial charge in [0.1, 0.15) is 11.5 Å². The summed E-state index contributed by atoms with van der Waals surface area (Å²) >= 11 is 0. The van der Waals surface area contributed by atoms with Crippen molar-refractivity contribution in [1.29, 1.82) is 0 Å². The largest absolute Gasteiger partial charge is 0.382 e. The van der Waals surface area contributed by atoms with E-state index in [-0.39, 0.29) is 11.4 Å². The van der Waals surface area contributed by atoms with Gasteiger partial charge in [0.2, 0.25) is 0 Å². The Morgan fingerprint density at radius 3 is 2.67 bits per heavy atom. The molecule has 0 saturated heterocycles. The standard InChI is InChI=1S/C10H18N4O/c1-5-10(2,3)14(4)9(15)7-6-8(11)13-12-7/h6H,5H2,1-4H3,(H3,11,12,13). The normalized spacial score (nSPS) is 11.5. The van der Waals surface area contributed by atoms with E-state index in [0.717, 1.165) is 6.42 Å². The molecule has 0 radical (unpaired) electrons. The van der Waals surface area contributed by atoms with Crippen LogP contribution in [0.25, 0.3) is 0 Å². The molecule has 0 aliphatic carbocycles. The van der Waals surface area contributed by atoms with E-state index >= 15 is 0 Å². The number of anilines is 1. The lowest BCUT2D eigenvalue weighted by molar-refractivity contribution is 0.0614. The van der Waals surface area contributed by atoms with Crippen molar-refractivity contribution in [2.75, 3.05) is 12.8 Å². The van der Waals surface area contributed by atoms with Crippen LogP contribution in [0.4, 0.5) is 5.82 Å². The van der Waals surface area contributed by atoms with E-state index in [1.54, 1.807) is 18.0 Å². The lowest BCUT2D eigenvalue weighted by Crippen LogP contribution is -2.44. The lowest BCUT2D eigenvalue weighted by atomic mass is 9.99. The molecule has 0 spiro atoms. The second kappa shape index (κ2) is 3.92. The number of nitrogens with two attached hydrogens (primary N) is 1. The van der Waals surface area contributed by atoms with Gasteiger partial charge in [-0.1, -0.05) is 6.92 Å². The van der Waals surface area contributed by atoms with Crippen LogP contribution < -0.4 is 5.73 Å². The zero-order valence-electron chi connectivity index (χ0n) is 9.66. The molecule has 3 N–H and O–H groups in total. The van der Waals surface area contributed by atoms with E-state index in [1.807, 2.05) is 20.8 Å². The number of aromatic amines is 1. The van der Waals surface area contributed by atoms with Crippen molar-refractivity contribution in [3.63, 3.8) is 0 Å². The highest BCUT2D eigenvalue weighted by molar-refractivity contribution is 5.93. The zero-order chi connectivity index (χ0) is 11.6. The maximum atomic E-state index is 12.0. The fraction of sp³-hybridized carbons (Fsp3) is 0.600. The summed E-state index contributed by atoms with van der Waals surface area (Å²) in [5, 5.41) is 6.35. The molecule has 1 aromatic heterocycles. The molecular weight excluding hydrogens is 192 g/mol. The number of nitrogen functional groups attached to an aromatic ring is 1. The Hall–Kier alpha value is -1.52. The van der Waals surface area contributed by atoms with E-state index in [0.29, 0.717) is 11.5 Å². The quantitative estimate of drug-likeness (QED) is 0.788. The highest BCUT2D eigenvalue weighted by Crippen LogP contribution is 2.18. The summed E-state index contributed by atoms with van der Waals surface area (Å²) in [7, 11) is 1.78. The van der Waals surface area contributed by atoms with Crippen molar-refractivity contribution in [2.24, 2.45) is 0 Å². The van der Waals surface area contributed by atoms with Crippen LogP contribution in [0, 0.1) is 0 Å². The summed E-state index contributed by atoms with van der Waals surface area (Å²) in [5.74, 6) is 0.243. The number of carbonyl (C=O) groups is 1. The molecule has 0 aliphatic rings. The van der Waals surface area contributed by atoms with E-state index in [1.165, 1.54) is 0 Å². The molecule has 0 unspecified atom stereocenters. The predicted octanol–water partition coefficient (Wildman–Crippen LogP) is 1.25. The van der Waals surface area contributed by atoms with Crippen LogP contribution >= 0.6 is 0 Å². The van der Waals surface area contributed by atoms with Crippen molar-refractivity contribution in [1.82, 2.24) is 15.1 Å². The summed E-state index contributed by atoms with van der Waals surface area (Å²) in [6, 6.07) is 1.55. The molecule has 1 heterocycles. The Kier molecular flexibility index (Phi) is 3.02. The number of aromatic nitrogens is 2. The third-order valence-corrected chi connectivity index (χ3v) is 2.91. The van der Waals surface area contributed by atoms with E-state index in [2.05, 4.69) is 10.2 Å². The van der Waals surface area contributed by atoms with Crippen molar-refractivity contribution in [3.8, 4) is 0 Å². The number of hydrogen-bond acceptors (Lipinski definition) is 3. The minimum absolute atomic E-state index is 0.0916. The molecular formula is C10H18N4O. The molecule has 1 amide bonds. The third kappa shape index (κ3) is 2.29. The van der Waals surface area contributed by atoms with Crippen molar-refractivity contribution in [3.05, 3.63) is 11.8 Å². The van der Waals surface area contributed by atoms with Gasteiger partial charge in [-0.05, 0) is 20.3 Å². The maximum Gasteiger partial charge on any atom is 0.272 e. The van der Waals surface area contributed by atoms with Gasteiger partial charge in [0, 0.05) is 18.7 Å². The molecule has 5 heteroatoms. The first kappa shape index (κ1) is 11.6. The lowest BCUT2D eigenvalue weighted by Gasteiger charge is -2.34. The fourth-order valence-electron chi connectivity index (χ4n) is 1.14. The SMILES string of the molecule is CCC(C)(C)N(C)C(=O)c1cc(N)n[nH]1. The first-order chi connectivity index (χ1) is 6.88. The molecule has 5 nitrogen and oxygen atoms in total. The fourth-order valence-corrected chi connectivity index (χ4v) is 1.14. The van der Waals surface area contributed by atoms with E-state index in [9.17, 15) is 4.79 Å². The molecule has 0 bridgehead atoms. The maximum absolute atomic E-state index is 12.0. The number of amides is 1. The van der Waals surface area contributed by atoms with Gasteiger partial charge in [-0.2, -0.15) is 5.10 Å². The number of rotatable bonds is 3. The van der Waals surface area contributed by atoms with Gasteiger partial charge in [-0.15, -0.1) is 0 Å². The van der Waals surface area contributed by atoms with Crippen molar-refractivity contribution in [2.45, 2.75) is 32.7 Å². The first-order valence-electron chi connectivity index (χ1n) is 4.97. The highest BCUT2D eigenvalue weighted by atomic mass is 16.2. The van der Waals surface area contributed by atoms with Gasteiger partial charge in [0.15, 0.2) is 0 Å². The summed E-state index contributed by atoms with van der Waals surface area (Å²) in [4.78, 5) is 13.7. The second-order valence-corrected chi connectivity index (χ2v) is 4.24. The van der Waals surface area contributed by atoms with Gasteiger partial charge >= 0.3 is 0 Å². The van der Waals surface area contributed by atoms with Gasteiger partial charge in [-0.25, -0.2) is 0 Å².